The standard InChI is InChI=1S/C11H18N2O/c1-2-13-7-3-5-9(12)11(13)10-6-4-8-14-10/h4,6,8-9,11H,2-3,5,7,12H2,1H3. The lowest BCUT2D eigenvalue weighted by molar-refractivity contribution is 0.117. The Balaban J connectivity index is 2.19. The van der Waals surface area contributed by atoms with E-state index < -0.39 is 0 Å². The molecule has 1 aliphatic heterocycles. The Hall–Kier alpha value is -0.800. The van der Waals surface area contributed by atoms with Crippen LogP contribution in [-0.2, 0) is 0 Å². The van der Waals surface area contributed by atoms with Crippen LogP contribution in [0.1, 0.15) is 31.6 Å². The van der Waals surface area contributed by atoms with Crippen molar-refractivity contribution in [2.45, 2.75) is 31.8 Å². The van der Waals surface area contributed by atoms with E-state index in [-0.39, 0.29) is 12.1 Å². The Bertz CT molecular complexity index is 271. The highest BCUT2D eigenvalue weighted by Crippen LogP contribution is 2.29. The maximum atomic E-state index is 6.13. The number of hydrogen-bond acceptors (Lipinski definition) is 3. The maximum absolute atomic E-state index is 6.13. The lowest BCUT2D eigenvalue weighted by Crippen LogP contribution is -2.45. The van der Waals surface area contributed by atoms with E-state index in [4.69, 9.17) is 10.2 Å². The molecule has 2 N–H and O–H groups in total. The minimum absolute atomic E-state index is 0.217. The molecule has 2 unspecified atom stereocenters. The van der Waals surface area contributed by atoms with E-state index in [1.807, 2.05) is 12.1 Å². The molecular weight excluding hydrogens is 176 g/mol. The first-order valence-electron chi connectivity index (χ1n) is 5.36. The van der Waals surface area contributed by atoms with Crippen LogP contribution in [0.15, 0.2) is 22.8 Å². The SMILES string of the molecule is CCN1CCCC(N)C1c1ccco1. The van der Waals surface area contributed by atoms with Gasteiger partial charge >= 0.3 is 0 Å². The fourth-order valence-electron chi connectivity index (χ4n) is 2.30. The summed E-state index contributed by atoms with van der Waals surface area (Å²) in [5.74, 6) is 1.01. The number of furan rings is 1. The highest BCUT2D eigenvalue weighted by molar-refractivity contribution is 5.09. The zero-order chi connectivity index (χ0) is 9.97. The quantitative estimate of drug-likeness (QED) is 0.780. The van der Waals surface area contributed by atoms with Crippen molar-refractivity contribution in [3.63, 3.8) is 0 Å². The molecule has 0 saturated carbocycles. The number of rotatable bonds is 2. The van der Waals surface area contributed by atoms with Crippen LogP contribution in [0.2, 0.25) is 0 Å². The summed E-state index contributed by atoms with van der Waals surface area (Å²) in [6, 6.07) is 4.46. The van der Waals surface area contributed by atoms with Gasteiger partial charge in [-0.25, -0.2) is 0 Å². The second-order valence-electron chi connectivity index (χ2n) is 3.89. The monoisotopic (exact) mass is 194 g/mol. The summed E-state index contributed by atoms with van der Waals surface area (Å²) in [6.45, 7) is 4.35. The van der Waals surface area contributed by atoms with Gasteiger partial charge in [0.1, 0.15) is 5.76 Å². The van der Waals surface area contributed by atoms with Crippen molar-refractivity contribution in [2.75, 3.05) is 13.1 Å². The third-order valence-electron chi connectivity index (χ3n) is 3.02. The molecule has 1 aromatic rings. The van der Waals surface area contributed by atoms with Crippen molar-refractivity contribution in [3.05, 3.63) is 24.2 Å². The molecule has 3 nitrogen and oxygen atoms in total. The van der Waals surface area contributed by atoms with Crippen LogP contribution in [0.5, 0.6) is 0 Å². The van der Waals surface area contributed by atoms with Gasteiger partial charge in [-0.1, -0.05) is 6.92 Å². The summed E-state index contributed by atoms with van der Waals surface area (Å²) in [5.41, 5.74) is 6.13. The molecule has 2 atom stereocenters. The molecule has 2 heterocycles. The average Bonchev–Trinajstić information content (AvgIpc) is 2.70. The second kappa shape index (κ2) is 4.15. The van der Waals surface area contributed by atoms with E-state index >= 15 is 0 Å². The van der Waals surface area contributed by atoms with Crippen molar-refractivity contribution in [1.82, 2.24) is 4.90 Å². The predicted octanol–water partition coefficient (Wildman–Crippen LogP) is 1.76. The number of likely N-dealkylation sites (tertiary alicyclic amines) is 1. The normalized spacial score (nSPS) is 29.3. The Morgan fingerprint density at radius 2 is 2.50 bits per heavy atom. The van der Waals surface area contributed by atoms with Crippen molar-refractivity contribution in [1.29, 1.82) is 0 Å². The first kappa shape index (κ1) is 9.74. The van der Waals surface area contributed by atoms with E-state index in [0.29, 0.717) is 0 Å². The molecule has 0 aliphatic carbocycles. The van der Waals surface area contributed by atoms with E-state index in [2.05, 4.69) is 11.8 Å². The van der Waals surface area contributed by atoms with E-state index in [1.54, 1.807) is 6.26 Å². The van der Waals surface area contributed by atoms with Crippen LogP contribution in [0.25, 0.3) is 0 Å². The van der Waals surface area contributed by atoms with Crippen molar-refractivity contribution in [3.8, 4) is 0 Å². The predicted molar refractivity (Wildman–Crippen MR) is 55.9 cm³/mol. The van der Waals surface area contributed by atoms with Gasteiger partial charge in [0, 0.05) is 6.04 Å². The molecule has 0 bridgehead atoms. The molecule has 0 spiro atoms. The molecule has 1 aromatic heterocycles. The Labute approximate surface area is 84.9 Å². The smallest absolute Gasteiger partial charge is 0.122 e. The summed E-state index contributed by atoms with van der Waals surface area (Å²) in [7, 11) is 0. The van der Waals surface area contributed by atoms with Gasteiger partial charge in [-0.2, -0.15) is 0 Å². The summed E-state index contributed by atoms with van der Waals surface area (Å²) in [6.07, 6.45) is 4.03. The highest BCUT2D eigenvalue weighted by Gasteiger charge is 2.30. The van der Waals surface area contributed by atoms with Gasteiger partial charge in [-0.3, -0.25) is 4.90 Å². The minimum Gasteiger partial charge on any atom is -0.468 e. The third-order valence-corrected chi connectivity index (χ3v) is 3.02. The van der Waals surface area contributed by atoms with Crippen molar-refractivity contribution < 1.29 is 4.42 Å². The number of piperidine rings is 1. The van der Waals surface area contributed by atoms with E-state index in [9.17, 15) is 0 Å². The first-order valence-corrected chi connectivity index (χ1v) is 5.36. The van der Waals surface area contributed by atoms with Crippen LogP contribution in [0.3, 0.4) is 0 Å². The van der Waals surface area contributed by atoms with Crippen LogP contribution >= 0.6 is 0 Å². The molecule has 1 aliphatic rings. The van der Waals surface area contributed by atoms with Gasteiger partial charge in [0.05, 0.1) is 12.3 Å². The molecule has 14 heavy (non-hydrogen) atoms. The fourth-order valence-corrected chi connectivity index (χ4v) is 2.30. The average molecular weight is 194 g/mol. The molecule has 0 aromatic carbocycles. The van der Waals surface area contributed by atoms with Gasteiger partial charge < -0.3 is 10.2 Å². The van der Waals surface area contributed by atoms with Gasteiger partial charge in [0.25, 0.3) is 0 Å². The maximum Gasteiger partial charge on any atom is 0.122 e. The molecule has 0 amide bonds. The van der Waals surface area contributed by atoms with Crippen LogP contribution < -0.4 is 5.73 Å². The Kier molecular flexibility index (Phi) is 2.89. The molecular formula is C11H18N2O. The largest absolute Gasteiger partial charge is 0.468 e. The lowest BCUT2D eigenvalue weighted by atomic mass is 9.95. The summed E-state index contributed by atoms with van der Waals surface area (Å²) in [5, 5.41) is 0. The van der Waals surface area contributed by atoms with Crippen LogP contribution in [-0.4, -0.2) is 24.0 Å². The Morgan fingerprint density at radius 3 is 3.14 bits per heavy atom. The fraction of sp³-hybridized carbons (Fsp3) is 0.636. The van der Waals surface area contributed by atoms with E-state index in [1.165, 1.54) is 6.42 Å². The molecule has 2 rings (SSSR count). The van der Waals surface area contributed by atoms with Gasteiger partial charge in [-0.05, 0) is 38.1 Å². The summed E-state index contributed by atoms with van der Waals surface area (Å²) >= 11 is 0. The summed E-state index contributed by atoms with van der Waals surface area (Å²) < 4.78 is 5.45. The second-order valence-corrected chi connectivity index (χ2v) is 3.89. The molecule has 1 saturated heterocycles. The molecule has 3 heteroatoms. The highest BCUT2D eigenvalue weighted by atomic mass is 16.3. The molecule has 0 radical (unpaired) electrons. The topological polar surface area (TPSA) is 42.4 Å². The van der Waals surface area contributed by atoms with Crippen LogP contribution in [0, 0.1) is 0 Å². The molecule has 78 valence electrons. The minimum atomic E-state index is 0.217. The Morgan fingerprint density at radius 1 is 1.64 bits per heavy atom. The zero-order valence-electron chi connectivity index (χ0n) is 8.65. The van der Waals surface area contributed by atoms with Gasteiger partial charge in [-0.15, -0.1) is 0 Å². The third kappa shape index (κ3) is 1.70. The molecule has 1 fully saturated rings. The number of nitrogens with zero attached hydrogens (tertiary/aromatic N) is 1. The number of nitrogens with two attached hydrogens (primary N) is 1. The lowest BCUT2D eigenvalue weighted by Gasteiger charge is -2.37. The van der Waals surface area contributed by atoms with E-state index in [0.717, 1.165) is 25.3 Å². The number of hydrogen-bond donors (Lipinski definition) is 1. The summed E-state index contributed by atoms with van der Waals surface area (Å²) in [4.78, 5) is 2.40. The van der Waals surface area contributed by atoms with Gasteiger partial charge in [0.15, 0.2) is 0 Å². The van der Waals surface area contributed by atoms with Gasteiger partial charge in [0.2, 0.25) is 0 Å². The number of likely N-dealkylation sites (N-methyl/N-ethyl adjacent to an activating group) is 1. The van der Waals surface area contributed by atoms with Crippen molar-refractivity contribution in [2.24, 2.45) is 5.73 Å². The first-order chi connectivity index (χ1) is 6.83. The zero-order valence-corrected chi connectivity index (χ0v) is 8.65. The van der Waals surface area contributed by atoms with Crippen LogP contribution in [0.4, 0.5) is 0 Å². The van der Waals surface area contributed by atoms with Crippen molar-refractivity contribution >= 4 is 0 Å².